The first-order valence-electron chi connectivity index (χ1n) is 19.8. The smallest absolute Gasteiger partial charge is 0.315 e. The van der Waals surface area contributed by atoms with Crippen molar-refractivity contribution >= 4 is 39.4 Å². The number of piperidine rings is 1. The van der Waals surface area contributed by atoms with E-state index >= 15 is 0 Å². The molecule has 1 saturated heterocycles. The minimum absolute atomic E-state index is 0.0436. The highest BCUT2D eigenvalue weighted by Gasteiger charge is 2.70. The van der Waals surface area contributed by atoms with E-state index < -0.39 is 73.9 Å². The van der Waals surface area contributed by atoms with Gasteiger partial charge in [0.2, 0.25) is 17.6 Å². The predicted molar refractivity (Wildman–Crippen MR) is 203 cm³/mol. The maximum absolute atomic E-state index is 14.9. The number of hydrogen-bond donors (Lipinski definition) is 5. The van der Waals surface area contributed by atoms with Crippen LogP contribution in [0.1, 0.15) is 125 Å². The van der Waals surface area contributed by atoms with Crippen LogP contribution >= 0.6 is 0 Å². The minimum Gasteiger partial charge on any atom is -0.395 e. The van der Waals surface area contributed by atoms with Crippen LogP contribution in [0.15, 0.2) is 12.7 Å². The summed E-state index contributed by atoms with van der Waals surface area (Å²) in [6.45, 7) is 14.5. The molecule has 14 heteroatoms. The van der Waals surface area contributed by atoms with Crippen LogP contribution in [0.3, 0.4) is 0 Å². The Labute approximate surface area is 316 Å². The van der Waals surface area contributed by atoms with Crippen molar-refractivity contribution in [2.75, 3.05) is 25.4 Å². The summed E-state index contributed by atoms with van der Waals surface area (Å²) in [4.78, 5) is 70.7. The summed E-state index contributed by atoms with van der Waals surface area (Å²) in [5.74, 6) is -2.86. The number of carbonyl (C=O) groups excluding carboxylic acids is 5. The summed E-state index contributed by atoms with van der Waals surface area (Å²) >= 11 is 0. The average Bonchev–Trinajstić information content (AvgIpc) is 3.41. The number of Topliss-reactive ketones (excluding diaryl/α,β-unsaturated/α-hetero) is 1. The lowest BCUT2D eigenvalue weighted by Crippen LogP contribution is -2.65. The predicted octanol–water partition coefficient (Wildman–Crippen LogP) is 3.54. The Morgan fingerprint density at radius 1 is 0.962 bits per heavy atom. The quantitative estimate of drug-likeness (QED) is 0.110. The van der Waals surface area contributed by atoms with Crippen LogP contribution in [0.4, 0.5) is 4.79 Å². The molecule has 5 amide bonds. The highest BCUT2D eigenvalue weighted by molar-refractivity contribution is 7.92. The van der Waals surface area contributed by atoms with Crippen molar-refractivity contribution < 1.29 is 37.5 Å². The van der Waals surface area contributed by atoms with Crippen LogP contribution in [0, 0.1) is 22.7 Å². The Hall–Kier alpha value is -3.00. The maximum Gasteiger partial charge on any atom is 0.315 e. The number of aliphatic hydroxyl groups excluding tert-OH is 1. The second kappa shape index (κ2) is 16.8. The molecule has 53 heavy (non-hydrogen) atoms. The molecule has 1 heterocycles. The molecule has 5 N–H and O–H groups in total. The Morgan fingerprint density at radius 3 is 2.13 bits per heavy atom. The van der Waals surface area contributed by atoms with Gasteiger partial charge in [-0.3, -0.25) is 19.2 Å². The molecule has 0 unspecified atom stereocenters. The number of likely N-dealkylation sites (tertiary alicyclic amines) is 1. The van der Waals surface area contributed by atoms with Crippen molar-refractivity contribution in [3.63, 3.8) is 0 Å². The van der Waals surface area contributed by atoms with E-state index in [1.165, 1.54) is 19.9 Å². The standard InChI is InChI=1S/C39H65N5O8S/c1-8-10-17-27(30(46)33(48)40-22-9-2)41-32(47)29-28-26(37(28,5)6)23-44(29)34(49)31(38(7)18-13-11-14-19-38)42-35(50)43-39(20-15-12-16-21-39)25-53(51,52)36(3,4)24-45/h9,26-29,31,45H,2,8,10-25H2,1,3-7H3,(H,40,48)(H,41,47)(H2,42,43,50)/t26-,27-,28-,29-,31+/m0/s1. The van der Waals surface area contributed by atoms with E-state index in [0.29, 0.717) is 38.6 Å². The van der Waals surface area contributed by atoms with Crippen molar-refractivity contribution in [3.8, 4) is 0 Å². The zero-order chi connectivity index (χ0) is 39.4. The lowest BCUT2D eigenvalue weighted by molar-refractivity contribution is -0.146. The van der Waals surface area contributed by atoms with Crippen molar-refractivity contribution in [1.82, 2.24) is 26.2 Å². The van der Waals surface area contributed by atoms with Gasteiger partial charge in [0.25, 0.3) is 5.91 Å². The number of ketones is 1. The van der Waals surface area contributed by atoms with E-state index in [0.717, 1.165) is 44.9 Å². The summed E-state index contributed by atoms with van der Waals surface area (Å²) in [6, 6.07) is -3.58. The molecule has 3 aliphatic carbocycles. The van der Waals surface area contributed by atoms with Crippen LogP contribution in [-0.2, 0) is 29.0 Å². The minimum atomic E-state index is -3.83. The van der Waals surface area contributed by atoms with E-state index in [2.05, 4.69) is 41.7 Å². The van der Waals surface area contributed by atoms with E-state index in [1.54, 1.807) is 4.90 Å². The van der Waals surface area contributed by atoms with Gasteiger partial charge in [-0.1, -0.05) is 85.1 Å². The Morgan fingerprint density at radius 2 is 1.57 bits per heavy atom. The van der Waals surface area contributed by atoms with Gasteiger partial charge in [0, 0.05) is 13.1 Å². The largest absolute Gasteiger partial charge is 0.395 e. The van der Waals surface area contributed by atoms with E-state index in [-0.39, 0.29) is 41.9 Å². The third-order valence-electron chi connectivity index (χ3n) is 13.0. The van der Waals surface area contributed by atoms with Gasteiger partial charge in [-0.15, -0.1) is 6.58 Å². The van der Waals surface area contributed by atoms with Crippen LogP contribution < -0.4 is 21.3 Å². The molecule has 5 atom stereocenters. The molecule has 0 spiro atoms. The normalized spacial score (nSPS) is 25.6. The highest BCUT2D eigenvalue weighted by atomic mass is 32.2. The molecular weight excluding hydrogens is 699 g/mol. The van der Waals surface area contributed by atoms with Gasteiger partial charge in [0.05, 0.1) is 28.7 Å². The third-order valence-corrected chi connectivity index (χ3v) is 15.7. The SMILES string of the molecule is C=CCNC(=O)C(=O)[C@H](CCCC)NC(=O)[C@@H]1[C@@H]2[C@H](CN1C(=O)[C@@H](NC(=O)NC1(CS(=O)(=O)C(C)(C)CO)CCCCC1)C1(C)CCCCC1)C2(C)C. The lowest BCUT2D eigenvalue weighted by Gasteiger charge is -2.44. The molecule has 4 aliphatic rings. The number of unbranched alkanes of at least 4 members (excludes halogenated alkanes) is 1. The zero-order valence-electron chi connectivity index (χ0n) is 32.9. The summed E-state index contributed by atoms with van der Waals surface area (Å²) in [5.41, 5.74) is -1.91. The van der Waals surface area contributed by atoms with Gasteiger partial charge in [0.15, 0.2) is 9.84 Å². The fraction of sp³-hybridized carbons (Fsp3) is 0.821. The molecule has 4 fully saturated rings. The van der Waals surface area contributed by atoms with Crippen molar-refractivity contribution in [2.45, 2.75) is 153 Å². The average molecular weight is 764 g/mol. The number of rotatable bonds is 17. The van der Waals surface area contributed by atoms with Crippen molar-refractivity contribution in [3.05, 3.63) is 12.7 Å². The second-order valence-electron chi connectivity index (χ2n) is 17.7. The maximum atomic E-state index is 14.9. The first-order valence-corrected chi connectivity index (χ1v) is 21.4. The first-order chi connectivity index (χ1) is 24.8. The number of hydrogen-bond acceptors (Lipinski definition) is 8. The van der Waals surface area contributed by atoms with E-state index in [4.69, 9.17) is 0 Å². The number of fused-ring (bicyclic) bond motifs is 1. The zero-order valence-corrected chi connectivity index (χ0v) is 33.7. The number of nitrogens with zero attached hydrogens (tertiary/aromatic N) is 1. The molecule has 1 aliphatic heterocycles. The van der Waals surface area contributed by atoms with Crippen molar-refractivity contribution in [1.29, 1.82) is 0 Å². The number of urea groups is 1. The molecule has 0 aromatic carbocycles. The number of amides is 5. The molecule has 4 rings (SSSR count). The summed E-state index contributed by atoms with van der Waals surface area (Å²) in [7, 11) is -3.83. The molecule has 13 nitrogen and oxygen atoms in total. The lowest BCUT2D eigenvalue weighted by atomic mass is 9.70. The second-order valence-corrected chi connectivity index (χ2v) is 20.3. The molecule has 0 aromatic rings. The molecule has 0 aromatic heterocycles. The van der Waals surface area contributed by atoms with Crippen LogP contribution in [0.2, 0.25) is 0 Å². The monoisotopic (exact) mass is 763 g/mol. The Bertz CT molecular complexity index is 1500. The number of aliphatic hydroxyl groups is 1. The van der Waals surface area contributed by atoms with Gasteiger partial charge in [-0.25, -0.2) is 13.2 Å². The highest BCUT2D eigenvalue weighted by Crippen LogP contribution is 2.65. The summed E-state index contributed by atoms with van der Waals surface area (Å²) in [6.07, 6.45) is 10.5. The Balaban J connectivity index is 1.62. The summed E-state index contributed by atoms with van der Waals surface area (Å²) in [5, 5.41) is 21.3. The van der Waals surface area contributed by atoms with Crippen LogP contribution in [-0.4, -0.2) is 102 Å². The fourth-order valence-corrected chi connectivity index (χ4v) is 10.8. The number of nitrogens with one attached hydrogen (secondary N) is 4. The topological polar surface area (TPSA) is 191 Å². The van der Waals surface area contributed by atoms with Gasteiger partial charge in [-0.05, 0) is 68.6 Å². The Kier molecular flexibility index (Phi) is 13.5. The molecule has 0 bridgehead atoms. The number of sulfone groups is 1. The van der Waals surface area contributed by atoms with E-state index in [9.17, 15) is 37.5 Å². The summed E-state index contributed by atoms with van der Waals surface area (Å²) < 4.78 is 25.6. The molecule has 0 radical (unpaired) electrons. The van der Waals surface area contributed by atoms with Crippen molar-refractivity contribution in [2.24, 2.45) is 22.7 Å². The van der Waals surface area contributed by atoms with Crippen LogP contribution in [0.5, 0.6) is 0 Å². The molecule has 3 saturated carbocycles. The van der Waals surface area contributed by atoms with Gasteiger partial charge >= 0.3 is 6.03 Å². The third kappa shape index (κ3) is 9.28. The van der Waals surface area contributed by atoms with Gasteiger partial charge in [-0.2, -0.15) is 0 Å². The molecule has 300 valence electrons. The van der Waals surface area contributed by atoms with Gasteiger partial charge in [0.1, 0.15) is 12.1 Å². The first kappa shape index (κ1) is 42.7. The fourth-order valence-electron chi connectivity index (χ4n) is 9.11. The van der Waals surface area contributed by atoms with Gasteiger partial charge < -0.3 is 31.3 Å². The number of carbonyl (C=O) groups is 5. The van der Waals surface area contributed by atoms with Crippen LogP contribution in [0.25, 0.3) is 0 Å². The van der Waals surface area contributed by atoms with E-state index in [1.807, 2.05) is 13.8 Å². The molecular formula is C39H65N5O8S.